The van der Waals surface area contributed by atoms with Crippen LogP contribution in [0.2, 0.25) is 0 Å². The molecule has 12 heavy (non-hydrogen) atoms. The van der Waals surface area contributed by atoms with Gasteiger partial charge in [0.25, 0.3) is 0 Å². The Labute approximate surface area is 72.8 Å². The van der Waals surface area contributed by atoms with Gasteiger partial charge in [-0.3, -0.25) is 0 Å². The summed E-state index contributed by atoms with van der Waals surface area (Å²) in [5, 5.41) is 2.75. The number of allylic oxidation sites excluding steroid dienone is 1. The molecular weight excluding hydrogens is 154 g/mol. The Hall–Kier alpha value is -0.990. The zero-order chi connectivity index (χ0) is 9.14. The molecule has 0 aromatic carbocycles. The quantitative estimate of drug-likeness (QED) is 0.639. The van der Waals surface area contributed by atoms with Gasteiger partial charge in [-0.05, 0) is 19.8 Å². The van der Waals surface area contributed by atoms with Gasteiger partial charge in [0.15, 0.2) is 0 Å². The van der Waals surface area contributed by atoms with E-state index in [4.69, 9.17) is 4.74 Å². The van der Waals surface area contributed by atoms with E-state index in [1.165, 1.54) is 5.57 Å². The van der Waals surface area contributed by atoms with Gasteiger partial charge in [-0.1, -0.05) is 18.6 Å². The summed E-state index contributed by atoms with van der Waals surface area (Å²) in [6.07, 6.45) is 1.84. The van der Waals surface area contributed by atoms with Crippen LogP contribution in [-0.4, -0.2) is 18.7 Å². The normalized spacial score (nSPS) is 24.2. The van der Waals surface area contributed by atoms with E-state index in [1.807, 2.05) is 13.8 Å². The Morgan fingerprint density at radius 2 is 2.42 bits per heavy atom. The lowest BCUT2D eigenvalue weighted by Gasteiger charge is -2.12. The number of hydrogen-bond acceptors (Lipinski definition) is 2. The fourth-order valence-corrected chi connectivity index (χ4v) is 1.33. The highest BCUT2D eigenvalue weighted by molar-refractivity contribution is 5.69. The molecule has 1 N–H and O–H groups in total. The summed E-state index contributed by atoms with van der Waals surface area (Å²) >= 11 is 0. The molecular formula is C9H15NO2. The van der Waals surface area contributed by atoms with Crippen molar-refractivity contribution in [1.82, 2.24) is 5.32 Å². The maximum atomic E-state index is 10.7. The van der Waals surface area contributed by atoms with Gasteiger partial charge in [-0.2, -0.15) is 0 Å². The topological polar surface area (TPSA) is 38.3 Å². The molecule has 0 saturated carbocycles. The Bertz CT molecular complexity index is 207. The van der Waals surface area contributed by atoms with E-state index < -0.39 is 0 Å². The third kappa shape index (κ3) is 2.26. The smallest absolute Gasteiger partial charge is 0.407 e. The molecule has 1 amide bonds. The van der Waals surface area contributed by atoms with Crippen LogP contribution in [0, 0.1) is 5.92 Å². The highest BCUT2D eigenvalue weighted by Crippen LogP contribution is 2.12. The van der Waals surface area contributed by atoms with Crippen LogP contribution in [0.4, 0.5) is 4.79 Å². The molecule has 0 aromatic rings. The van der Waals surface area contributed by atoms with Crippen molar-refractivity contribution in [2.24, 2.45) is 5.92 Å². The lowest BCUT2D eigenvalue weighted by atomic mass is 10.0. The lowest BCUT2D eigenvalue weighted by molar-refractivity contribution is 0.176. The van der Waals surface area contributed by atoms with Crippen LogP contribution in [0.3, 0.4) is 0 Å². The summed E-state index contributed by atoms with van der Waals surface area (Å²) in [5.74, 6) is 0.349. The standard InChI is InChI=1S/C9H15NO2/c1-6(2)4-7(3)8-5-12-9(11)10-8/h4,7-8H,5H2,1-3H3,(H,10,11)/t7-,8-/m1/s1. The second-order valence-corrected chi connectivity index (χ2v) is 3.45. The summed E-state index contributed by atoms with van der Waals surface area (Å²) in [6.45, 7) is 6.67. The zero-order valence-electron chi connectivity index (χ0n) is 7.76. The average Bonchev–Trinajstić information content (AvgIpc) is 2.34. The van der Waals surface area contributed by atoms with Crippen LogP contribution in [0.1, 0.15) is 20.8 Å². The number of alkyl carbamates (subject to hydrolysis) is 1. The molecule has 1 heterocycles. The molecule has 0 radical (unpaired) electrons. The van der Waals surface area contributed by atoms with Crippen LogP contribution in [0.15, 0.2) is 11.6 Å². The molecule has 1 fully saturated rings. The minimum Gasteiger partial charge on any atom is -0.447 e. The van der Waals surface area contributed by atoms with Gasteiger partial charge in [0.2, 0.25) is 0 Å². The van der Waals surface area contributed by atoms with E-state index in [2.05, 4.69) is 18.3 Å². The molecule has 1 saturated heterocycles. The number of amides is 1. The minimum absolute atomic E-state index is 0.146. The number of carbonyl (C=O) groups excluding carboxylic acids is 1. The fraction of sp³-hybridized carbons (Fsp3) is 0.667. The molecule has 1 rings (SSSR count). The summed E-state index contributed by atoms with van der Waals surface area (Å²) < 4.78 is 4.79. The van der Waals surface area contributed by atoms with Crippen molar-refractivity contribution < 1.29 is 9.53 Å². The van der Waals surface area contributed by atoms with Crippen molar-refractivity contribution in [1.29, 1.82) is 0 Å². The summed E-state index contributed by atoms with van der Waals surface area (Å²) in [6, 6.07) is 0.146. The van der Waals surface area contributed by atoms with Crippen molar-refractivity contribution in [2.45, 2.75) is 26.8 Å². The predicted octanol–water partition coefficient (Wildman–Crippen LogP) is 1.70. The zero-order valence-corrected chi connectivity index (χ0v) is 7.76. The number of ether oxygens (including phenoxy) is 1. The highest BCUT2D eigenvalue weighted by Gasteiger charge is 2.25. The molecule has 0 aromatic heterocycles. The molecule has 2 atom stereocenters. The molecule has 3 heteroatoms. The van der Waals surface area contributed by atoms with E-state index in [1.54, 1.807) is 0 Å². The van der Waals surface area contributed by atoms with Crippen molar-refractivity contribution in [3.8, 4) is 0 Å². The van der Waals surface area contributed by atoms with Crippen LogP contribution >= 0.6 is 0 Å². The van der Waals surface area contributed by atoms with Crippen molar-refractivity contribution in [3.63, 3.8) is 0 Å². The van der Waals surface area contributed by atoms with E-state index in [0.29, 0.717) is 12.5 Å². The first-order valence-electron chi connectivity index (χ1n) is 4.18. The summed E-state index contributed by atoms with van der Waals surface area (Å²) in [4.78, 5) is 10.7. The Kier molecular flexibility index (Phi) is 2.74. The Morgan fingerprint density at radius 1 is 1.75 bits per heavy atom. The number of hydrogen-bond donors (Lipinski definition) is 1. The molecule has 0 unspecified atom stereocenters. The van der Waals surface area contributed by atoms with Crippen LogP contribution < -0.4 is 5.32 Å². The molecule has 1 aliphatic heterocycles. The van der Waals surface area contributed by atoms with Gasteiger partial charge < -0.3 is 10.1 Å². The van der Waals surface area contributed by atoms with Crippen LogP contribution in [0.5, 0.6) is 0 Å². The van der Waals surface area contributed by atoms with Gasteiger partial charge in [0, 0.05) is 0 Å². The van der Waals surface area contributed by atoms with E-state index in [-0.39, 0.29) is 12.1 Å². The largest absolute Gasteiger partial charge is 0.447 e. The molecule has 0 spiro atoms. The summed E-state index contributed by atoms with van der Waals surface area (Å²) in [5.41, 5.74) is 1.27. The number of carbonyl (C=O) groups is 1. The first kappa shape index (κ1) is 9.10. The second-order valence-electron chi connectivity index (χ2n) is 3.45. The van der Waals surface area contributed by atoms with Crippen LogP contribution in [0.25, 0.3) is 0 Å². The second kappa shape index (κ2) is 3.61. The van der Waals surface area contributed by atoms with Crippen molar-refractivity contribution in [3.05, 3.63) is 11.6 Å². The van der Waals surface area contributed by atoms with E-state index >= 15 is 0 Å². The summed E-state index contributed by atoms with van der Waals surface area (Å²) in [7, 11) is 0. The van der Waals surface area contributed by atoms with Crippen LogP contribution in [-0.2, 0) is 4.74 Å². The number of rotatable bonds is 2. The first-order valence-corrected chi connectivity index (χ1v) is 4.18. The van der Waals surface area contributed by atoms with Crippen molar-refractivity contribution in [2.75, 3.05) is 6.61 Å². The molecule has 68 valence electrons. The maximum absolute atomic E-state index is 10.7. The third-order valence-electron chi connectivity index (χ3n) is 1.93. The monoisotopic (exact) mass is 169 g/mol. The highest BCUT2D eigenvalue weighted by atomic mass is 16.6. The molecule has 0 bridgehead atoms. The van der Waals surface area contributed by atoms with Gasteiger partial charge in [-0.15, -0.1) is 0 Å². The Balaban J connectivity index is 2.48. The molecule has 1 aliphatic rings. The van der Waals surface area contributed by atoms with E-state index in [9.17, 15) is 4.79 Å². The maximum Gasteiger partial charge on any atom is 0.407 e. The predicted molar refractivity (Wildman–Crippen MR) is 46.9 cm³/mol. The van der Waals surface area contributed by atoms with E-state index in [0.717, 1.165) is 0 Å². The lowest BCUT2D eigenvalue weighted by Crippen LogP contribution is -2.31. The Morgan fingerprint density at radius 3 is 2.83 bits per heavy atom. The minimum atomic E-state index is -0.297. The third-order valence-corrected chi connectivity index (χ3v) is 1.93. The molecule has 0 aliphatic carbocycles. The SMILES string of the molecule is CC(C)=C[C@@H](C)[C@H]1COC(=O)N1. The van der Waals surface area contributed by atoms with Gasteiger partial charge in [0.05, 0.1) is 6.04 Å². The molecule has 3 nitrogen and oxygen atoms in total. The number of cyclic esters (lactones) is 1. The van der Waals surface area contributed by atoms with Gasteiger partial charge >= 0.3 is 6.09 Å². The van der Waals surface area contributed by atoms with Gasteiger partial charge in [0.1, 0.15) is 6.61 Å². The number of nitrogens with one attached hydrogen (secondary N) is 1. The first-order chi connectivity index (χ1) is 5.59. The fourth-order valence-electron chi connectivity index (χ4n) is 1.33. The van der Waals surface area contributed by atoms with Crippen molar-refractivity contribution >= 4 is 6.09 Å². The average molecular weight is 169 g/mol. The van der Waals surface area contributed by atoms with Gasteiger partial charge in [-0.25, -0.2) is 4.79 Å².